The highest BCUT2D eigenvalue weighted by molar-refractivity contribution is 6.39. The first-order valence-corrected chi connectivity index (χ1v) is 7.16. The molecule has 1 aliphatic heterocycles. The van der Waals surface area contributed by atoms with Gasteiger partial charge in [0, 0.05) is 5.02 Å². The fourth-order valence-corrected chi connectivity index (χ4v) is 2.41. The molecule has 0 unspecified atom stereocenters. The van der Waals surface area contributed by atoms with E-state index in [1.54, 1.807) is 42.5 Å². The molecule has 0 saturated carbocycles. The summed E-state index contributed by atoms with van der Waals surface area (Å²) in [6, 6.07) is 14.4. The van der Waals surface area contributed by atoms with Gasteiger partial charge < -0.3 is 0 Å². The van der Waals surface area contributed by atoms with Crippen LogP contribution in [0.4, 0.5) is 10.5 Å². The van der Waals surface area contributed by atoms with Gasteiger partial charge in [0.05, 0.1) is 5.69 Å². The zero-order valence-corrected chi connectivity index (χ0v) is 12.6. The van der Waals surface area contributed by atoms with Gasteiger partial charge in [-0.3, -0.25) is 14.9 Å². The van der Waals surface area contributed by atoms with E-state index in [9.17, 15) is 14.4 Å². The van der Waals surface area contributed by atoms with Crippen LogP contribution in [0.1, 0.15) is 5.56 Å². The number of nitrogens with zero attached hydrogens (tertiary/aromatic N) is 1. The Hall–Kier alpha value is -2.92. The van der Waals surface area contributed by atoms with Crippen LogP contribution in [-0.2, 0) is 9.59 Å². The van der Waals surface area contributed by atoms with Crippen LogP contribution in [0.15, 0.2) is 60.2 Å². The third-order valence-corrected chi connectivity index (χ3v) is 3.51. The van der Waals surface area contributed by atoms with Crippen molar-refractivity contribution in [2.75, 3.05) is 4.90 Å². The van der Waals surface area contributed by atoms with Gasteiger partial charge in [0.15, 0.2) is 0 Å². The monoisotopic (exact) mass is 326 g/mol. The Labute approximate surface area is 137 Å². The predicted octanol–water partition coefficient (Wildman–Crippen LogP) is 3.01. The number of hydrogen-bond acceptors (Lipinski definition) is 3. The van der Waals surface area contributed by atoms with Crippen LogP contribution in [0.25, 0.3) is 6.08 Å². The Balaban J connectivity index is 2.03. The maximum absolute atomic E-state index is 12.6. The second kappa shape index (κ2) is 6.06. The van der Waals surface area contributed by atoms with Crippen LogP contribution in [0.2, 0.25) is 5.02 Å². The minimum atomic E-state index is -0.799. The predicted molar refractivity (Wildman–Crippen MR) is 86.9 cm³/mol. The van der Waals surface area contributed by atoms with Crippen LogP contribution < -0.4 is 10.2 Å². The SMILES string of the molecule is O=C1NC(=O)N(c2cccc(Cl)c2)C(=O)/C1=C\c1ccccc1. The quantitative estimate of drug-likeness (QED) is 0.681. The van der Waals surface area contributed by atoms with E-state index < -0.39 is 17.8 Å². The van der Waals surface area contributed by atoms with Crippen LogP contribution in [-0.4, -0.2) is 17.8 Å². The van der Waals surface area contributed by atoms with Gasteiger partial charge in [0.25, 0.3) is 11.8 Å². The largest absolute Gasteiger partial charge is 0.335 e. The molecule has 4 amide bonds. The average molecular weight is 327 g/mol. The molecule has 2 aromatic rings. The molecule has 2 aromatic carbocycles. The van der Waals surface area contributed by atoms with E-state index >= 15 is 0 Å². The maximum atomic E-state index is 12.6. The third kappa shape index (κ3) is 3.00. The van der Waals surface area contributed by atoms with Gasteiger partial charge in [-0.05, 0) is 29.8 Å². The average Bonchev–Trinajstić information content (AvgIpc) is 2.52. The van der Waals surface area contributed by atoms with E-state index in [1.165, 1.54) is 12.1 Å². The second-order valence-corrected chi connectivity index (χ2v) is 5.28. The summed E-state index contributed by atoms with van der Waals surface area (Å²) in [7, 11) is 0. The third-order valence-electron chi connectivity index (χ3n) is 3.28. The molecule has 0 spiro atoms. The molecule has 6 heteroatoms. The van der Waals surface area contributed by atoms with Crippen molar-refractivity contribution in [3.05, 3.63) is 70.8 Å². The zero-order chi connectivity index (χ0) is 16.4. The number of halogens is 1. The van der Waals surface area contributed by atoms with Crippen LogP contribution in [0, 0.1) is 0 Å². The number of carbonyl (C=O) groups excluding carboxylic acids is 3. The molecule has 3 rings (SSSR count). The lowest BCUT2D eigenvalue weighted by Crippen LogP contribution is -2.54. The minimum absolute atomic E-state index is 0.115. The molecule has 114 valence electrons. The molecule has 1 aliphatic rings. The number of amides is 4. The van der Waals surface area contributed by atoms with Gasteiger partial charge in [-0.25, -0.2) is 9.69 Å². The fraction of sp³-hybridized carbons (Fsp3) is 0. The van der Waals surface area contributed by atoms with E-state index in [-0.39, 0.29) is 5.57 Å². The van der Waals surface area contributed by atoms with Gasteiger partial charge in [-0.15, -0.1) is 0 Å². The van der Waals surface area contributed by atoms with Crippen LogP contribution >= 0.6 is 11.6 Å². The smallest absolute Gasteiger partial charge is 0.273 e. The number of nitrogens with one attached hydrogen (secondary N) is 1. The number of urea groups is 1. The van der Waals surface area contributed by atoms with Crippen molar-refractivity contribution in [1.82, 2.24) is 5.32 Å². The Bertz CT molecular complexity index is 831. The Kier molecular flexibility index (Phi) is 3.95. The standard InChI is InChI=1S/C17H11ClN2O3/c18-12-7-4-8-13(10-12)20-16(22)14(15(21)19-17(20)23)9-11-5-2-1-3-6-11/h1-10H,(H,19,21,23)/b14-9-. The second-order valence-electron chi connectivity index (χ2n) is 4.85. The lowest BCUT2D eigenvalue weighted by atomic mass is 10.1. The lowest BCUT2D eigenvalue weighted by Gasteiger charge is -2.26. The van der Waals surface area contributed by atoms with Crippen molar-refractivity contribution in [1.29, 1.82) is 0 Å². The van der Waals surface area contributed by atoms with Crippen LogP contribution in [0.3, 0.4) is 0 Å². The molecule has 0 bridgehead atoms. The van der Waals surface area contributed by atoms with Crippen molar-refractivity contribution >= 4 is 41.2 Å². The molecule has 23 heavy (non-hydrogen) atoms. The van der Waals surface area contributed by atoms with Crippen molar-refractivity contribution in [2.45, 2.75) is 0 Å². The highest BCUT2D eigenvalue weighted by atomic mass is 35.5. The molecule has 0 atom stereocenters. The van der Waals surface area contributed by atoms with Gasteiger partial charge >= 0.3 is 6.03 Å². The van der Waals surface area contributed by atoms with E-state index in [1.807, 2.05) is 6.07 Å². The van der Waals surface area contributed by atoms with Crippen molar-refractivity contribution in [3.8, 4) is 0 Å². The Morgan fingerprint density at radius 2 is 1.70 bits per heavy atom. The van der Waals surface area contributed by atoms with E-state index in [2.05, 4.69) is 5.32 Å². The summed E-state index contributed by atoms with van der Waals surface area (Å²) in [6.07, 6.45) is 1.45. The summed E-state index contributed by atoms with van der Waals surface area (Å²) in [6.45, 7) is 0. The van der Waals surface area contributed by atoms with E-state index in [0.29, 0.717) is 16.3 Å². The van der Waals surface area contributed by atoms with Gasteiger partial charge in [0.2, 0.25) is 0 Å². The number of hydrogen-bond donors (Lipinski definition) is 1. The summed E-state index contributed by atoms with van der Waals surface area (Å²) in [5.74, 6) is -1.41. The highest BCUT2D eigenvalue weighted by Crippen LogP contribution is 2.24. The van der Waals surface area contributed by atoms with Crippen LogP contribution in [0.5, 0.6) is 0 Å². The van der Waals surface area contributed by atoms with E-state index in [0.717, 1.165) is 4.90 Å². The first-order valence-electron chi connectivity index (χ1n) is 6.78. The van der Waals surface area contributed by atoms with Gasteiger partial charge in [0.1, 0.15) is 5.57 Å². The molecule has 1 heterocycles. The molecule has 0 aliphatic carbocycles. The molecular formula is C17H11ClN2O3. The summed E-state index contributed by atoms with van der Waals surface area (Å²) in [5.41, 5.74) is 0.869. The van der Waals surface area contributed by atoms with Crippen molar-refractivity contribution in [3.63, 3.8) is 0 Å². The number of imide groups is 2. The van der Waals surface area contributed by atoms with Crippen molar-refractivity contribution in [2.24, 2.45) is 0 Å². The molecule has 1 fully saturated rings. The highest BCUT2D eigenvalue weighted by Gasteiger charge is 2.36. The molecule has 1 N–H and O–H groups in total. The number of anilines is 1. The normalized spacial score (nSPS) is 16.7. The Morgan fingerprint density at radius 3 is 2.39 bits per heavy atom. The van der Waals surface area contributed by atoms with Gasteiger partial charge in [-0.1, -0.05) is 48.0 Å². The summed E-state index contributed by atoms with van der Waals surface area (Å²) in [4.78, 5) is 37.5. The maximum Gasteiger partial charge on any atom is 0.335 e. The zero-order valence-electron chi connectivity index (χ0n) is 11.8. The summed E-state index contributed by atoms with van der Waals surface area (Å²) >= 11 is 5.90. The number of carbonyl (C=O) groups is 3. The number of barbiturate groups is 1. The Morgan fingerprint density at radius 1 is 0.957 bits per heavy atom. The minimum Gasteiger partial charge on any atom is -0.273 e. The number of benzene rings is 2. The molecule has 5 nitrogen and oxygen atoms in total. The first kappa shape index (κ1) is 15.0. The summed E-state index contributed by atoms with van der Waals surface area (Å²) < 4.78 is 0. The molecule has 1 saturated heterocycles. The first-order chi connectivity index (χ1) is 11.1. The molecular weight excluding hydrogens is 316 g/mol. The fourth-order valence-electron chi connectivity index (χ4n) is 2.22. The topological polar surface area (TPSA) is 66.5 Å². The number of rotatable bonds is 2. The molecule has 0 aromatic heterocycles. The van der Waals surface area contributed by atoms with Gasteiger partial charge in [-0.2, -0.15) is 0 Å². The summed E-state index contributed by atoms with van der Waals surface area (Å²) in [5, 5.41) is 2.55. The van der Waals surface area contributed by atoms with Crippen molar-refractivity contribution < 1.29 is 14.4 Å². The molecule has 0 radical (unpaired) electrons. The lowest BCUT2D eigenvalue weighted by molar-refractivity contribution is -0.122. The van der Waals surface area contributed by atoms with E-state index in [4.69, 9.17) is 11.6 Å².